The molecule has 1 aliphatic heterocycles. The SMILES string of the molecule is C/C=C1\C(=C/C(C)=O)N(C)N=C(c2ccc(F)cc2C)c2ccc(CS(=O)CC)cc21. The minimum absolute atomic E-state index is 0.0809. The first-order valence-electron chi connectivity index (χ1n) is 10.2. The summed E-state index contributed by atoms with van der Waals surface area (Å²) in [5.41, 5.74) is 6.59. The number of likely N-dealkylation sites (N-methyl/N-ethyl adjacent to an activating group) is 1. The fourth-order valence-electron chi connectivity index (χ4n) is 3.73. The number of allylic oxidation sites excluding steroid dienone is 3. The van der Waals surface area contributed by atoms with E-state index in [1.807, 2.05) is 45.0 Å². The molecule has 0 saturated carbocycles. The van der Waals surface area contributed by atoms with Gasteiger partial charge in [-0.05, 0) is 61.7 Å². The van der Waals surface area contributed by atoms with Crippen LogP contribution in [0.5, 0.6) is 0 Å². The topological polar surface area (TPSA) is 49.7 Å². The highest BCUT2D eigenvalue weighted by molar-refractivity contribution is 7.84. The molecule has 2 aromatic rings. The standard InChI is InChI=1S/C25H27FN2O2S/c1-6-20-23-14-18(15-31(30)7-2)8-10-22(23)25(21-11-9-19(26)12-16(21)3)27-28(5)24(20)13-17(4)29/h6,8-14H,7,15H2,1-5H3/b20-6-,24-13+. The highest BCUT2D eigenvalue weighted by Crippen LogP contribution is 2.35. The molecule has 31 heavy (non-hydrogen) atoms. The molecule has 0 aromatic heterocycles. The Morgan fingerprint density at radius 3 is 2.48 bits per heavy atom. The van der Waals surface area contributed by atoms with E-state index in [0.717, 1.165) is 33.4 Å². The molecule has 6 heteroatoms. The van der Waals surface area contributed by atoms with E-state index in [1.165, 1.54) is 19.1 Å². The molecule has 0 saturated heterocycles. The van der Waals surface area contributed by atoms with Gasteiger partial charge in [-0.15, -0.1) is 0 Å². The van der Waals surface area contributed by atoms with Crippen LogP contribution in [0.25, 0.3) is 5.57 Å². The van der Waals surface area contributed by atoms with Crippen LogP contribution >= 0.6 is 0 Å². The highest BCUT2D eigenvalue weighted by Gasteiger charge is 2.25. The van der Waals surface area contributed by atoms with Gasteiger partial charge in [0.05, 0.1) is 11.4 Å². The minimum Gasteiger partial charge on any atom is -0.295 e. The van der Waals surface area contributed by atoms with Crippen molar-refractivity contribution < 1.29 is 13.4 Å². The first kappa shape index (κ1) is 22.8. The van der Waals surface area contributed by atoms with Crippen LogP contribution in [0, 0.1) is 12.7 Å². The summed E-state index contributed by atoms with van der Waals surface area (Å²) in [6, 6.07) is 10.6. The lowest BCUT2D eigenvalue weighted by atomic mass is 9.89. The molecule has 0 aliphatic carbocycles. The molecule has 1 aliphatic rings. The molecular weight excluding hydrogens is 411 g/mol. The number of carbonyl (C=O) groups is 1. The van der Waals surface area contributed by atoms with E-state index in [4.69, 9.17) is 5.10 Å². The molecule has 0 radical (unpaired) electrons. The summed E-state index contributed by atoms with van der Waals surface area (Å²) < 4.78 is 25.9. The molecule has 4 nitrogen and oxygen atoms in total. The highest BCUT2D eigenvalue weighted by atomic mass is 32.2. The van der Waals surface area contributed by atoms with E-state index in [1.54, 1.807) is 24.2 Å². The second kappa shape index (κ2) is 9.52. The van der Waals surface area contributed by atoms with Crippen molar-refractivity contribution in [3.63, 3.8) is 0 Å². The number of rotatable bonds is 5. The van der Waals surface area contributed by atoms with Gasteiger partial charge >= 0.3 is 0 Å². The maximum Gasteiger partial charge on any atom is 0.154 e. The number of hydrogen-bond acceptors (Lipinski definition) is 4. The Morgan fingerprint density at radius 2 is 1.87 bits per heavy atom. The average Bonchev–Trinajstić information content (AvgIpc) is 2.82. The van der Waals surface area contributed by atoms with Crippen LogP contribution < -0.4 is 0 Å². The number of aryl methyl sites for hydroxylation is 1. The van der Waals surface area contributed by atoms with Gasteiger partial charge in [-0.1, -0.05) is 25.1 Å². The molecule has 0 spiro atoms. The Kier molecular flexibility index (Phi) is 7.01. The second-order valence-electron chi connectivity index (χ2n) is 7.53. The van der Waals surface area contributed by atoms with Crippen molar-refractivity contribution in [2.24, 2.45) is 5.10 Å². The molecule has 0 N–H and O–H groups in total. The number of ketones is 1. The molecular formula is C25H27FN2O2S. The smallest absolute Gasteiger partial charge is 0.154 e. The van der Waals surface area contributed by atoms with E-state index >= 15 is 0 Å². The van der Waals surface area contributed by atoms with E-state index in [9.17, 15) is 13.4 Å². The van der Waals surface area contributed by atoms with Gasteiger partial charge in [0, 0.05) is 52.1 Å². The van der Waals surface area contributed by atoms with Crippen LogP contribution in [0.3, 0.4) is 0 Å². The summed E-state index contributed by atoms with van der Waals surface area (Å²) in [5, 5.41) is 6.52. The van der Waals surface area contributed by atoms with Crippen LogP contribution in [0.1, 0.15) is 48.6 Å². The molecule has 3 rings (SSSR count). The summed E-state index contributed by atoms with van der Waals surface area (Å²) in [6.45, 7) is 7.19. The number of halogens is 1. The molecule has 1 unspecified atom stereocenters. The third-order valence-electron chi connectivity index (χ3n) is 5.23. The monoisotopic (exact) mass is 438 g/mol. The van der Waals surface area contributed by atoms with Crippen LogP contribution in [-0.4, -0.2) is 33.5 Å². The minimum atomic E-state index is -0.943. The Balaban J connectivity index is 2.31. The summed E-state index contributed by atoms with van der Waals surface area (Å²) in [4.78, 5) is 12.0. The number of benzene rings is 2. The van der Waals surface area contributed by atoms with Gasteiger partial charge in [0.15, 0.2) is 5.78 Å². The molecule has 2 aromatic carbocycles. The number of hydrogen-bond donors (Lipinski definition) is 0. The van der Waals surface area contributed by atoms with Gasteiger partial charge in [-0.2, -0.15) is 5.10 Å². The fourth-order valence-corrected chi connectivity index (χ4v) is 4.48. The van der Waals surface area contributed by atoms with Crippen molar-refractivity contribution in [3.05, 3.63) is 87.9 Å². The number of hydrazone groups is 1. The van der Waals surface area contributed by atoms with E-state index in [-0.39, 0.29) is 11.6 Å². The molecule has 0 fully saturated rings. The van der Waals surface area contributed by atoms with E-state index < -0.39 is 10.8 Å². The number of fused-ring (bicyclic) bond motifs is 1. The first-order valence-corrected chi connectivity index (χ1v) is 11.7. The Labute approximate surface area is 185 Å². The maximum atomic E-state index is 13.8. The normalized spacial score (nSPS) is 17.4. The second-order valence-corrected chi connectivity index (χ2v) is 9.27. The Bertz CT molecular complexity index is 1150. The molecule has 1 atom stereocenters. The van der Waals surface area contributed by atoms with Crippen molar-refractivity contribution in [2.75, 3.05) is 12.8 Å². The lowest BCUT2D eigenvalue weighted by Crippen LogP contribution is -2.14. The fraction of sp³-hybridized carbons (Fsp3) is 0.280. The van der Waals surface area contributed by atoms with Crippen molar-refractivity contribution in [1.82, 2.24) is 5.01 Å². The molecule has 0 amide bonds. The van der Waals surface area contributed by atoms with Crippen LogP contribution in [-0.2, 0) is 21.3 Å². The maximum absolute atomic E-state index is 13.8. The predicted octanol–water partition coefficient (Wildman–Crippen LogP) is 4.98. The Hall–Kier alpha value is -2.86. The first-order chi connectivity index (χ1) is 14.7. The summed E-state index contributed by atoms with van der Waals surface area (Å²) in [5.74, 6) is 0.674. The van der Waals surface area contributed by atoms with Crippen LogP contribution in [0.15, 0.2) is 59.3 Å². The van der Waals surface area contributed by atoms with Crippen molar-refractivity contribution in [1.29, 1.82) is 0 Å². The van der Waals surface area contributed by atoms with Crippen LogP contribution in [0.4, 0.5) is 4.39 Å². The molecule has 162 valence electrons. The summed E-state index contributed by atoms with van der Waals surface area (Å²) in [6.07, 6.45) is 3.53. The summed E-state index contributed by atoms with van der Waals surface area (Å²) >= 11 is 0. The zero-order valence-electron chi connectivity index (χ0n) is 18.5. The Morgan fingerprint density at radius 1 is 1.16 bits per heavy atom. The van der Waals surface area contributed by atoms with E-state index in [0.29, 0.717) is 22.9 Å². The predicted molar refractivity (Wildman–Crippen MR) is 126 cm³/mol. The van der Waals surface area contributed by atoms with Gasteiger partial charge in [0.2, 0.25) is 0 Å². The number of nitrogens with zero attached hydrogens (tertiary/aromatic N) is 2. The third-order valence-corrected chi connectivity index (χ3v) is 6.52. The largest absolute Gasteiger partial charge is 0.295 e. The summed E-state index contributed by atoms with van der Waals surface area (Å²) in [7, 11) is 0.859. The van der Waals surface area contributed by atoms with Gasteiger partial charge in [0.25, 0.3) is 0 Å². The average molecular weight is 439 g/mol. The van der Waals surface area contributed by atoms with Gasteiger partial charge < -0.3 is 0 Å². The zero-order valence-corrected chi connectivity index (χ0v) is 19.3. The molecule has 1 heterocycles. The lowest BCUT2D eigenvalue weighted by molar-refractivity contribution is -0.112. The van der Waals surface area contributed by atoms with Crippen molar-refractivity contribution in [3.8, 4) is 0 Å². The molecule has 0 bridgehead atoms. The quantitative estimate of drug-likeness (QED) is 0.619. The van der Waals surface area contributed by atoms with Gasteiger partial charge in [-0.25, -0.2) is 4.39 Å². The van der Waals surface area contributed by atoms with Crippen molar-refractivity contribution >= 4 is 27.9 Å². The van der Waals surface area contributed by atoms with Crippen molar-refractivity contribution in [2.45, 2.75) is 33.4 Å². The third kappa shape index (κ3) is 4.90. The zero-order chi connectivity index (χ0) is 22.7. The van der Waals surface area contributed by atoms with Crippen LogP contribution in [0.2, 0.25) is 0 Å². The number of carbonyl (C=O) groups excluding carboxylic acids is 1. The van der Waals surface area contributed by atoms with Gasteiger partial charge in [-0.3, -0.25) is 14.0 Å². The van der Waals surface area contributed by atoms with E-state index in [2.05, 4.69) is 0 Å². The van der Waals surface area contributed by atoms with Gasteiger partial charge in [0.1, 0.15) is 5.82 Å². The lowest BCUT2D eigenvalue weighted by Gasteiger charge is -2.18.